The zero-order chi connectivity index (χ0) is 12.3. The minimum absolute atomic E-state index is 0.291. The van der Waals surface area contributed by atoms with Crippen molar-refractivity contribution in [2.45, 2.75) is 44.8 Å². The van der Waals surface area contributed by atoms with Crippen molar-refractivity contribution in [3.63, 3.8) is 0 Å². The highest BCUT2D eigenvalue weighted by Gasteiger charge is 2.19. The van der Waals surface area contributed by atoms with Crippen LogP contribution >= 0.6 is 0 Å². The summed E-state index contributed by atoms with van der Waals surface area (Å²) in [6.07, 6.45) is 4.46. The van der Waals surface area contributed by atoms with Crippen molar-refractivity contribution in [1.29, 1.82) is 0 Å². The van der Waals surface area contributed by atoms with Crippen molar-refractivity contribution in [1.82, 2.24) is 0 Å². The van der Waals surface area contributed by atoms with Gasteiger partial charge in [-0.25, -0.2) is 0 Å². The zero-order valence-electron chi connectivity index (χ0n) is 10.5. The van der Waals surface area contributed by atoms with E-state index in [1.807, 2.05) is 18.2 Å². The molecule has 0 radical (unpaired) electrons. The molecule has 0 spiro atoms. The predicted octanol–water partition coefficient (Wildman–Crippen LogP) is 3.07. The molecule has 17 heavy (non-hydrogen) atoms. The van der Waals surface area contributed by atoms with E-state index in [-0.39, 0.29) is 0 Å². The summed E-state index contributed by atoms with van der Waals surface area (Å²) in [5.74, 6) is 1.52. The molecule has 94 valence electrons. The van der Waals surface area contributed by atoms with Gasteiger partial charge in [-0.3, -0.25) is 0 Å². The minimum atomic E-state index is -0.516. The average molecular weight is 236 g/mol. The van der Waals surface area contributed by atoms with Gasteiger partial charge < -0.3 is 14.6 Å². The summed E-state index contributed by atoms with van der Waals surface area (Å²) in [6.45, 7) is 1.75. The van der Waals surface area contributed by atoms with Crippen molar-refractivity contribution < 1.29 is 14.6 Å². The van der Waals surface area contributed by atoms with E-state index in [1.165, 1.54) is 12.8 Å². The third kappa shape index (κ3) is 2.91. The van der Waals surface area contributed by atoms with Gasteiger partial charge in [0.1, 0.15) is 11.5 Å². The Morgan fingerprint density at radius 2 is 2.00 bits per heavy atom. The Morgan fingerprint density at radius 3 is 2.59 bits per heavy atom. The lowest BCUT2D eigenvalue weighted by atomic mass is 10.1. The molecule has 1 aromatic rings. The van der Waals surface area contributed by atoms with Crippen LogP contribution in [0.4, 0.5) is 0 Å². The number of methoxy groups -OCH3 is 1. The van der Waals surface area contributed by atoms with Crippen LogP contribution in [0.1, 0.15) is 44.3 Å². The molecule has 0 amide bonds. The summed E-state index contributed by atoms with van der Waals surface area (Å²) in [6, 6.07) is 5.58. The van der Waals surface area contributed by atoms with E-state index in [4.69, 9.17) is 9.47 Å². The van der Waals surface area contributed by atoms with E-state index < -0.39 is 6.10 Å². The second-order valence-electron chi connectivity index (χ2n) is 4.60. The second-order valence-corrected chi connectivity index (χ2v) is 4.60. The number of hydrogen-bond donors (Lipinski definition) is 1. The number of aliphatic hydroxyl groups excluding tert-OH is 1. The Kier molecular flexibility index (Phi) is 3.89. The number of hydrogen-bond acceptors (Lipinski definition) is 3. The van der Waals surface area contributed by atoms with Crippen LogP contribution in [0.3, 0.4) is 0 Å². The van der Waals surface area contributed by atoms with Crippen LogP contribution in [-0.4, -0.2) is 18.3 Å². The highest BCUT2D eigenvalue weighted by Crippen LogP contribution is 2.32. The lowest BCUT2D eigenvalue weighted by molar-refractivity contribution is 0.173. The number of benzene rings is 1. The maximum Gasteiger partial charge on any atom is 0.129 e. The van der Waals surface area contributed by atoms with E-state index in [0.717, 1.165) is 29.9 Å². The molecular formula is C14H20O3. The minimum Gasteiger partial charge on any atom is -0.497 e. The Hall–Kier alpha value is -1.22. The standard InChI is InChI=1S/C14H20O3/c1-10(15)13-8-7-12(16-2)9-14(13)17-11-5-3-4-6-11/h7-11,15H,3-6H2,1-2H3/t10-/m1/s1. The number of aliphatic hydroxyl groups is 1. The lowest BCUT2D eigenvalue weighted by Crippen LogP contribution is -2.12. The molecular weight excluding hydrogens is 216 g/mol. The predicted molar refractivity (Wildman–Crippen MR) is 66.5 cm³/mol. The fourth-order valence-corrected chi connectivity index (χ4v) is 2.27. The van der Waals surface area contributed by atoms with E-state index in [0.29, 0.717) is 6.10 Å². The summed E-state index contributed by atoms with van der Waals surface area (Å²) in [4.78, 5) is 0. The van der Waals surface area contributed by atoms with Gasteiger partial charge in [-0.1, -0.05) is 0 Å². The van der Waals surface area contributed by atoms with E-state index in [2.05, 4.69) is 0 Å². The molecule has 0 saturated heterocycles. The van der Waals surface area contributed by atoms with Gasteiger partial charge in [0.05, 0.1) is 19.3 Å². The van der Waals surface area contributed by atoms with Gasteiger partial charge in [0.2, 0.25) is 0 Å². The molecule has 0 unspecified atom stereocenters. The first kappa shape index (κ1) is 12.2. The van der Waals surface area contributed by atoms with Gasteiger partial charge in [0.25, 0.3) is 0 Å². The van der Waals surface area contributed by atoms with Crippen LogP contribution in [0.25, 0.3) is 0 Å². The summed E-state index contributed by atoms with van der Waals surface area (Å²) in [5, 5.41) is 9.72. The quantitative estimate of drug-likeness (QED) is 0.873. The van der Waals surface area contributed by atoms with Gasteiger partial charge >= 0.3 is 0 Å². The third-order valence-corrected chi connectivity index (χ3v) is 3.27. The zero-order valence-corrected chi connectivity index (χ0v) is 10.5. The van der Waals surface area contributed by atoms with Crippen LogP contribution in [0.2, 0.25) is 0 Å². The molecule has 1 atom stereocenters. The average Bonchev–Trinajstić information content (AvgIpc) is 2.81. The first-order chi connectivity index (χ1) is 8.20. The summed E-state index contributed by atoms with van der Waals surface area (Å²) in [7, 11) is 1.64. The number of ether oxygens (including phenoxy) is 2. The van der Waals surface area contributed by atoms with Crippen LogP contribution in [0, 0.1) is 0 Å². The summed E-state index contributed by atoms with van der Waals surface area (Å²) < 4.78 is 11.2. The topological polar surface area (TPSA) is 38.7 Å². The first-order valence-corrected chi connectivity index (χ1v) is 6.23. The maximum absolute atomic E-state index is 9.72. The van der Waals surface area contributed by atoms with Crippen molar-refractivity contribution in [2.75, 3.05) is 7.11 Å². The molecule has 1 aliphatic carbocycles. The molecule has 0 aromatic heterocycles. The van der Waals surface area contributed by atoms with Gasteiger partial charge in [-0.2, -0.15) is 0 Å². The normalized spacial score (nSPS) is 18.1. The molecule has 1 fully saturated rings. The van der Waals surface area contributed by atoms with Gasteiger partial charge in [0.15, 0.2) is 0 Å². The largest absolute Gasteiger partial charge is 0.497 e. The second kappa shape index (κ2) is 5.41. The molecule has 3 nitrogen and oxygen atoms in total. The Labute approximate surface area is 102 Å². The van der Waals surface area contributed by atoms with Gasteiger partial charge in [-0.15, -0.1) is 0 Å². The summed E-state index contributed by atoms with van der Waals surface area (Å²) >= 11 is 0. The van der Waals surface area contributed by atoms with Crippen LogP contribution < -0.4 is 9.47 Å². The maximum atomic E-state index is 9.72. The lowest BCUT2D eigenvalue weighted by Gasteiger charge is -2.18. The van der Waals surface area contributed by atoms with Crippen LogP contribution in [0.15, 0.2) is 18.2 Å². The van der Waals surface area contributed by atoms with Crippen molar-refractivity contribution in [3.05, 3.63) is 23.8 Å². The molecule has 2 rings (SSSR count). The van der Waals surface area contributed by atoms with Crippen molar-refractivity contribution >= 4 is 0 Å². The molecule has 1 aromatic carbocycles. The number of rotatable bonds is 4. The molecule has 1 aliphatic rings. The molecule has 1 saturated carbocycles. The molecule has 0 bridgehead atoms. The Balaban J connectivity index is 2.21. The van der Waals surface area contributed by atoms with Gasteiger partial charge in [0, 0.05) is 11.6 Å². The van der Waals surface area contributed by atoms with E-state index in [9.17, 15) is 5.11 Å². The van der Waals surface area contributed by atoms with Crippen molar-refractivity contribution in [2.24, 2.45) is 0 Å². The molecule has 0 heterocycles. The van der Waals surface area contributed by atoms with Gasteiger partial charge in [-0.05, 0) is 44.7 Å². The Morgan fingerprint density at radius 1 is 1.29 bits per heavy atom. The van der Waals surface area contributed by atoms with Crippen LogP contribution in [-0.2, 0) is 0 Å². The SMILES string of the molecule is COc1ccc([C@@H](C)O)c(OC2CCCC2)c1. The highest BCUT2D eigenvalue weighted by atomic mass is 16.5. The van der Waals surface area contributed by atoms with E-state index >= 15 is 0 Å². The highest BCUT2D eigenvalue weighted by molar-refractivity contribution is 5.42. The molecule has 0 aliphatic heterocycles. The first-order valence-electron chi connectivity index (χ1n) is 6.23. The monoisotopic (exact) mass is 236 g/mol. The Bertz CT molecular complexity index is 368. The summed E-state index contributed by atoms with van der Waals surface area (Å²) in [5.41, 5.74) is 0.831. The molecule has 1 N–H and O–H groups in total. The third-order valence-electron chi connectivity index (χ3n) is 3.27. The fourth-order valence-electron chi connectivity index (χ4n) is 2.27. The smallest absolute Gasteiger partial charge is 0.129 e. The fraction of sp³-hybridized carbons (Fsp3) is 0.571. The molecule has 3 heteroatoms. The van der Waals surface area contributed by atoms with Crippen LogP contribution in [0.5, 0.6) is 11.5 Å². The van der Waals surface area contributed by atoms with Crippen molar-refractivity contribution in [3.8, 4) is 11.5 Å². The van der Waals surface area contributed by atoms with E-state index in [1.54, 1.807) is 14.0 Å².